The van der Waals surface area contributed by atoms with Crippen LogP contribution in [0, 0.1) is 0 Å². The van der Waals surface area contributed by atoms with Gasteiger partial charge in [0, 0.05) is 18.0 Å². The number of carbonyl (C=O) groups excluding carboxylic acids is 1. The molecule has 0 atom stereocenters. The highest BCUT2D eigenvalue weighted by atomic mass is 16.1. The number of amides is 1. The van der Waals surface area contributed by atoms with Crippen LogP contribution in [-0.4, -0.2) is 15.9 Å². The fourth-order valence-corrected chi connectivity index (χ4v) is 2.44. The second-order valence-corrected chi connectivity index (χ2v) is 5.53. The Morgan fingerprint density at radius 1 is 1.17 bits per heavy atom. The second-order valence-electron chi connectivity index (χ2n) is 5.53. The lowest BCUT2D eigenvalue weighted by atomic mass is 10.1. The van der Waals surface area contributed by atoms with E-state index in [0.29, 0.717) is 11.5 Å². The summed E-state index contributed by atoms with van der Waals surface area (Å²) in [7, 11) is 0. The molecule has 0 radical (unpaired) electrons. The van der Waals surface area contributed by atoms with Gasteiger partial charge in [-0.1, -0.05) is 51.1 Å². The number of nitrogens with one attached hydrogen (secondary N) is 1. The Morgan fingerprint density at radius 3 is 2.62 bits per heavy atom. The van der Waals surface area contributed by atoms with Crippen LogP contribution in [0.3, 0.4) is 0 Å². The molecule has 0 bridgehead atoms. The van der Waals surface area contributed by atoms with Gasteiger partial charge in [0.15, 0.2) is 0 Å². The van der Waals surface area contributed by atoms with Crippen molar-refractivity contribution < 1.29 is 4.79 Å². The largest absolute Gasteiger partial charge is 0.305 e. The molecular formula is C20H23N3O. The summed E-state index contributed by atoms with van der Waals surface area (Å²) in [4.78, 5) is 20.9. The number of hydrogen-bond donors (Lipinski definition) is 1. The van der Waals surface area contributed by atoms with E-state index in [4.69, 9.17) is 0 Å². The van der Waals surface area contributed by atoms with Crippen LogP contribution in [0.5, 0.6) is 0 Å². The second kappa shape index (κ2) is 8.77. The molecule has 2 aromatic heterocycles. The zero-order valence-electron chi connectivity index (χ0n) is 14.1. The van der Waals surface area contributed by atoms with E-state index in [-0.39, 0.29) is 5.91 Å². The third kappa shape index (κ3) is 4.38. The molecule has 4 nitrogen and oxygen atoms in total. The van der Waals surface area contributed by atoms with E-state index in [2.05, 4.69) is 35.4 Å². The molecule has 1 N–H and O–H groups in total. The number of aromatic nitrogens is 2. The van der Waals surface area contributed by atoms with Gasteiger partial charge in [0.05, 0.1) is 0 Å². The minimum absolute atomic E-state index is 0.285. The van der Waals surface area contributed by atoms with Crippen LogP contribution < -0.4 is 5.32 Å². The summed E-state index contributed by atoms with van der Waals surface area (Å²) in [6, 6.07) is 5.53. The van der Waals surface area contributed by atoms with E-state index in [1.165, 1.54) is 12.8 Å². The minimum Gasteiger partial charge on any atom is -0.305 e. The molecule has 2 aromatic rings. The fraction of sp³-hybridized carbons (Fsp3) is 0.250. The predicted molar refractivity (Wildman–Crippen MR) is 99.8 cm³/mol. The fourth-order valence-electron chi connectivity index (χ4n) is 2.44. The zero-order valence-corrected chi connectivity index (χ0v) is 14.1. The highest BCUT2D eigenvalue weighted by Crippen LogP contribution is 2.20. The average molecular weight is 321 g/mol. The van der Waals surface area contributed by atoms with Crippen molar-refractivity contribution in [2.24, 2.45) is 0 Å². The molecule has 0 aliphatic rings. The van der Waals surface area contributed by atoms with E-state index in [0.717, 1.165) is 29.5 Å². The topological polar surface area (TPSA) is 54.9 Å². The lowest BCUT2D eigenvalue weighted by Crippen LogP contribution is -2.15. The van der Waals surface area contributed by atoms with Crippen LogP contribution in [0.1, 0.15) is 53.4 Å². The van der Waals surface area contributed by atoms with Gasteiger partial charge in [-0.3, -0.25) is 9.78 Å². The molecule has 1 amide bonds. The van der Waals surface area contributed by atoms with Gasteiger partial charge >= 0.3 is 0 Å². The van der Waals surface area contributed by atoms with Crippen molar-refractivity contribution in [2.75, 3.05) is 5.32 Å². The number of unbranched alkanes of at least 4 members (excludes halogenated alkanes) is 2. The zero-order chi connectivity index (χ0) is 17.4. The molecule has 0 saturated heterocycles. The SMILES string of the molecule is C=Cc1ccnc(NC(=O)c2ccc(CCCCC)cn2)c1C=C. The predicted octanol–water partition coefficient (Wildman–Crippen LogP) is 4.75. The van der Waals surface area contributed by atoms with Crippen LogP contribution in [-0.2, 0) is 6.42 Å². The first-order chi connectivity index (χ1) is 11.7. The molecule has 24 heavy (non-hydrogen) atoms. The van der Waals surface area contributed by atoms with Crippen molar-refractivity contribution >= 4 is 23.9 Å². The molecule has 0 aromatic carbocycles. The first kappa shape index (κ1) is 17.6. The molecule has 2 rings (SSSR count). The van der Waals surface area contributed by atoms with Crippen LogP contribution in [0.2, 0.25) is 0 Å². The smallest absolute Gasteiger partial charge is 0.275 e. The number of rotatable bonds is 8. The third-order valence-corrected chi connectivity index (χ3v) is 3.81. The Balaban J connectivity index is 2.10. The van der Waals surface area contributed by atoms with Crippen LogP contribution >= 0.6 is 0 Å². The van der Waals surface area contributed by atoms with Gasteiger partial charge in [-0.25, -0.2) is 4.98 Å². The van der Waals surface area contributed by atoms with E-state index in [1.807, 2.05) is 12.1 Å². The van der Waals surface area contributed by atoms with Crippen molar-refractivity contribution in [3.05, 3.63) is 66.1 Å². The van der Waals surface area contributed by atoms with Crippen LogP contribution in [0.15, 0.2) is 43.8 Å². The molecule has 0 aliphatic heterocycles. The molecule has 0 saturated carbocycles. The van der Waals surface area contributed by atoms with Gasteiger partial charge in [-0.05, 0) is 36.1 Å². The first-order valence-corrected chi connectivity index (χ1v) is 8.19. The number of nitrogens with zero attached hydrogens (tertiary/aromatic N) is 2. The quantitative estimate of drug-likeness (QED) is 0.714. The van der Waals surface area contributed by atoms with E-state index < -0.39 is 0 Å². The van der Waals surface area contributed by atoms with Gasteiger partial charge in [0.2, 0.25) is 0 Å². The summed E-state index contributed by atoms with van der Waals surface area (Å²) in [6.45, 7) is 9.71. The molecular weight excluding hydrogens is 298 g/mol. The molecule has 0 fully saturated rings. The van der Waals surface area contributed by atoms with Crippen molar-refractivity contribution in [1.82, 2.24) is 9.97 Å². The lowest BCUT2D eigenvalue weighted by molar-refractivity contribution is 0.102. The van der Waals surface area contributed by atoms with Gasteiger partial charge in [0.1, 0.15) is 11.5 Å². The van der Waals surface area contributed by atoms with Crippen molar-refractivity contribution in [2.45, 2.75) is 32.6 Å². The molecule has 0 spiro atoms. The first-order valence-electron chi connectivity index (χ1n) is 8.19. The number of carbonyl (C=O) groups is 1. The third-order valence-electron chi connectivity index (χ3n) is 3.81. The Kier molecular flexibility index (Phi) is 6.43. The highest BCUT2D eigenvalue weighted by Gasteiger charge is 2.12. The highest BCUT2D eigenvalue weighted by molar-refractivity contribution is 6.03. The lowest BCUT2D eigenvalue weighted by Gasteiger charge is -2.09. The number of aryl methyl sites for hydroxylation is 1. The van der Waals surface area contributed by atoms with E-state index >= 15 is 0 Å². The maximum absolute atomic E-state index is 12.4. The average Bonchev–Trinajstić information content (AvgIpc) is 2.62. The normalized spacial score (nSPS) is 10.2. The summed E-state index contributed by atoms with van der Waals surface area (Å²) in [5, 5.41) is 2.79. The Morgan fingerprint density at radius 2 is 2.00 bits per heavy atom. The summed E-state index contributed by atoms with van der Waals surface area (Å²) in [5.41, 5.74) is 3.14. The molecule has 2 heterocycles. The summed E-state index contributed by atoms with van der Waals surface area (Å²) in [6.07, 6.45) is 11.3. The molecule has 4 heteroatoms. The maximum atomic E-state index is 12.4. The molecule has 124 valence electrons. The van der Waals surface area contributed by atoms with Crippen molar-refractivity contribution in [3.63, 3.8) is 0 Å². The Bertz CT molecular complexity index is 720. The molecule has 0 unspecified atom stereocenters. The van der Waals surface area contributed by atoms with Crippen LogP contribution in [0.4, 0.5) is 5.82 Å². The summed E-state index contributed by atoms with van der Waals surface area (Å²) >= 11 is 0. The summed E-state index contributed by atoms with van der Waals surface area (Å²) in [5.74, 6) is 0.174. The minimum atomic E-state index is -0.285. The number of pyridine rings is 2. The van der Waals surface area contributed by atoms with Gasteiger partial charge < -0.3 is 5.32 Å². The maximum Gasteiger partial charge on any atom is 0.275 e. The number of hydrogen-bond acceptors (Lipinski definition) is 3. The van der Waals surface area contributed by atoms with Gasteiger partial charge in [-0.2, -0.15) is 0 Å². The monoisotopic (exact) mass is 321 g/mol. The molecule has 0 aliphatic carbocycles. The van der Waals surface area contributed by atoms with E-state index in [9.17, 15) is 4.79 Å². The van der Waals surface area contributed by atoms with Gasteiger partial charge in [0.25, 0.3) is 5.91 Å². The van der Waals surface area contributed by atoms with Gasteiger partial charge in [-0.15, -0.1) is 0 Å². The number of anilines is 1. The van der Waals surface area contributed by atoms with Crippen molar-refractivity contribution in [3.8, 4) is 0 Å². The van der Waals surface area contributed by atoms with E-state index in [1.54, 1.807) is 30.6 Å². The summed E-state index contributed by atoms with van der Waals surface area (Å²) < 4.78 is 0. The standard InChI is InChI=1S/C20H23N3O/c1-4-7-8-9-15-10-11-18(22-14-15)20(24)23-19-17(6-3)16(5-2)12-13-21-19/h5-6,10-14H,2-4,7-9H2,1H3,(H,21,23,24). The Hall–Kier alpha value is -2.75. The Labute approximate surface area is 143 Å². The van der Waals surface area contributed by atoms with Crippen LogP contribution in [0.25, 0.3) is 12.2 Å². The van der Waals surface area contributed by atoms with Crippen molar-refractivity contribution in [1.29, 1.82) is 0 Å².